The van der Waals surface area contributed by atoms with Crippen molar-refractivity contribution in [3.63, 3.8) is 0 Å². The third-order valence-electron chi connectivity index (χ3n) is 4.91. The number of hydrogen-bond donors (Lipinski definition) is 1. The molecule has 1 N–H and O–H groups in total. The summed E-state index contributed by atoms with van der Waals surface area (Å²) in [5, 5.41) is 3.36. The van der Waals surface area contributed by atoms with E-state index in [2.05, 4.69) is 39.2 Å². The fraction of sp³-hybridized carbons (Fsp3) is 0.286. The summed E-state index contributed by atoms with van der Waals surface area (Å²) in [6, 6.07) is 15.7. The number of hydrogen-bond acceptors (Lipinski definition) is 6. The van der Waals surface area contributed by atoms with E-state index in [0.29, 0.717) is 24.8 Å². The number of anilines is 2. The number of rotatable bonds is 5. The predicted molar refractivity (Wildman–Crippen MR) is 107 cm³/mol. The summed E-state index contributed by atoms with van der Waals surface area (Å²) >= 11 is 0. The Morgan fingerprint density at radius 2 is 1.86 bits per heavy atom. The minimum Gasteiger partial charge on any atom is -0.459 e. The van der Waals surface area contributed by atoms with Crippen molar-refractivity contribution in [1.82, 2.24) is 14.9 Å². The Kier molecular flexibility index (Phi) is 5.23. The molecular weight excluding hydrogens is 354 g/mol. The van der Waals surface area contributed by atoms with E-state index in [0.717, 1.165) is 18.9 Å². The van der Waals surface area contributed by atoms with Crippen LogP contribution in [0.25, 0.3) is 0 Å². The molecule has 28 heavy (non-hydrogen) atoms. The van der Waals surface area contributed by atoms with Gasteiger partial charge >= 0.3 is 0 Å². The number of aromatic nitrogens is 2. The smallest absolute Gasteiger partial charge is 0.289 e. The molecule has 7 heteroatoms. The maximum Gasteiger partial charge on any atom is 0.289 e. The summed E-state index contributed by atoms with van der Waals surface area (Å²) in [4.78, 5) is 25.4. The number of piperazine rings is 1. The number of nitrogens with one attached hydrogen (secondary N) is 1. The lowest BCUT2D eigenvalue weighted by atomic mass is 10.1. The number of benzene rings is 1. The molecule has 7 nitrogen and oxygen atoms in total. The molecule has 1 amide bonds. The van der Waals surface area contributed by atoms with Crippen LogP contribution in [-0.2, 0) is 0 Å². The van der Waals surface area contributed by atoms with Crippen LogP contribution < -0.4 is 10.2 Å². The Hall–Kier alpha value is -3.35. The molecule has 0 saturated carbocycles. The quantitative estimate of drug-likeness (QED) is 0.736. The van der Waals surface area contributed by atoms with Crippen LogP contribution in [0.5, 0.6) is 0 Å². The lowest BCUT2D eigenvalue weighted by Crippen LogP contribution is -2.49. The molecule has 0 radical (unpaired) electrons. The first-order chi connectivity index (χ1) is 13.7. The van der Waals surface area contributed by atoms with Gasteiger partial charge in [-0.15, -0.1) is 0 Å². The molecule has 0 bridgehead atoms. The second-order valence-corrected chi connectivity index (χ2v) is 6.77. The molecular formula is C21H23N5O2. The molecule has 1 aromatic carbocycles. The van der Waals surface area contributed by atoms with Crippen LogP contribution in [-0.4, -0.2) is 47.0 Å². The van der Waals surface area contributed by atoms with Gasteiger partial charge in [-0.3, -0.25) is 4.79 Å². The van der Waals surface area contributed by atoms with Crippen LogP contribution in [0.1, 0.15) is 29.1 Å². The third kappa shape index (κ3) is 3.98. The Balaban J connectivity index is 1.38. The fourth-order valence-electron chi connectivity index (χ4n) is 3.31. The Morgan fingerprint density at radius 1 is 1.07 bits per heavy atom. The van der Waals surface area contributed by atoms with E-state index < -0.39 is 0 Å². The zero-order chi connectivity index (χ0) is 19.3. The molecule has 1 saturated heterocycles. The maximum absolute atomic E-state index is 12.4. The van der Waals surface area contributed by atoms with Crippen LogP contribution >= 0.6 is 0 Å². The molecule has 3 aromatic rings. The lowest BCUT2D eigenvalue weighted by molar-refractivity contribution is 0.0714. The molecule has 2 aromatic heterocycles. The molecule has 0 spiro atoms. The Labute approximate surface area is 164 Å². The summed E-state index contributed by atoms with van der Waals surface area (Å²) in [5.74, 6) is 1.79. The summed E-state index contributed by atoms with van der Waals surface area (Å²) in [7, 11) is 0. The van der Waals surface area contributed by atoms with Gasteiger partial charge in [-0.25, -0.2) is 4.98 Å². The van der Waals surface area contributed by atoms with Gasteiger partial charge in [-0.1, -0.05) is 30.3 Å². The molecule has 144 valence electrons. The lowest BCUT2D eigenvalue weighted by Gasteiger charge is -2.35. The van der Waals surface area contributed by atoms with Crippen molar-refractivity contribution in [2.75, 3.05) is 36.4 Å². The van der Waals surface area contributed by atoms with Crippen molar-refractivity contribution in [3.8, 4) is 0 Å². The molecule has 1 unspecified atom stereocenters. The maximum atomic E-state index is 12.4. The van der Waals surface area contributed by atoms with Crippen molar-refractivity contribution in [1.29, 1.82) is 0 Å². The van der Waals surface area contributed by atoms with Gasteiger partial charge in [0, 0.05) is 32.4 Å². The predicted octanol–water partition coefficient (Wildman–Crippen LogP) is 3.21. The normalized spacial score (nSPS) is 15.3. The van der Waals surface area contributed by atoms with E-state index in [1.54, 1.807) is 18.3 Å². The summed E-state index contributed by atoms with van der Waals surface area (Å²) in [5.41, 5.74) is 1.18. The standard InChI is InChI=1S/C21H23N5O2/c1-16(17-6-3-2-4-7-17)23-21-22-10-9-19(24-21)25-11-13-26(14-12-25)20(27)18-8-5-15-28-18/h2-10,15-16H,11-14H2,1H3,(H,22,23,24). The van der Waals surface area contributed by atoms with Gasteiger partial charge in [-0.05, 0) is 30.7 Å². The number of furan rings is 1. The zero-order valence-corrected chi connectivity index (χ0v) is 15.8. The largest absolute Gasteiger partial charge is 0.459 e. The van der Waals surface area contributed by atoms with Crippen LogP contribution in [0.15, 0.2) is 65.4 Å². The van der Waals surface area contributed by atoms with Crippen LogP contribution in [0.4, 0.5) is 11.8 Å². The average Bonchev–Trinajstić information content (AvgIpc) is 3.29. The van der Waals surface area contributed by atoms with Crippen molar-refractivity contribution in [3.05, 3.63) is 72.3 Å². The minimum atomic E-state index is -0.0635. The summed E-state index contributed by atoms with van der Waals surface area (Å²) in [6.45, 7) is 4.79. The monoisotopic (exact) mass is 377 g/mol. The van der Waals surface area contributed by atoms with E-state index in [9.17, 15) is 4.79 Å². The second kappa shape index (κ2) is 8.12. The number of nitrogens with zero attached hydrogens (tertiary/aromatic N) is 4. The Morgan fingerprint density at radius 3 is 2.57 bits per heavy atom. The molecule has 1 aliphatic rings. The molecule has 4 rings (SSSR count). The zero-order valence-electron chi connectivity index (χ0n) is 15.8. The highest BCUT2D eigenvalue weighted by atomic mass is 16.3. The van der Waals surface area contributed by atoms with Gasteiger partial charge in [0.25, 0.3) is 5.91 Å². The highest BCUT2D eigenvalue weighted by Gasteiger charge is 2.24. The van der Waals surface area contributed by atoms with Crippen molar-refractivity contribution in [2.45, 2.75) is 13.0 Å². The first-order valence-corrected chi connectivity index (χ1v) is 9.43. The average molecular weight is 377 g/mol. The second-order valence-electron chi connectivity index (χ2n) is 6.77. The van der Waals surface area contributed by atoms with Gasteiger partial charge in [-0.2, -0.15) is 4.98 Å². The molecule has 1 aliphatic heterocycles. The van der Waals surface area contributed by atoms with Crippen LogP contribution in [0.2, 0.25) is 0 Å². The van der Waals surface area contributed by atoms with E-state index in [4.69, 9.17) is 4.42 Å². The minimum absolute atomic E-state index is 0.0635. The highest BCUT2D eigenvalue weighted by molar-refractivity contribution is 5.91. The van der Waals surface area contributed by atoms with Crippen molar-refractivity contribution >= 4 is 17.7 Å². The third-order valence-corrected chi connectivity index (χ3v) is 4.91. The van der Waals surface area contributed by atoms with E-state index in [1.807, 2.05) is 29.2 Å². The van der Waals surface area contributed by atoms with Gasteiger partial charge < -0.3 is 19.5 Å². The van der Waals surface area contributed by atoms with E-state index in [1.165, 1.54) is 11.8 Å². The van der Waals surface area contributed by atoms with Crippen molar-refractivity contribution in [2.24, 2.45) is 0 Å². The first kappa shape index (κ1) is 18.0. The van der Waals surface area contributed by atoms with Gasteiger partial charge in [0.15, 0.2) is 5.76 Å². The SMILES string of the molecule is CC(Nc1nccc(N2CCN(C(=O)c3ccco3)CC2)n1)c1ccccc1. The van der Waals surface area contributed by atoms with Gasteiger partial charge in [0.1, 0.15) is 5.82 Å². The van der Waals surface area contributed by atoms with Crippen LogP contribution in [0.3, 0.4) is 0 Å². The van der Waals surface area contributed by atoms with E-state index >= 15 is 0 Å². The topological polar surface area (TPSA) is 74.5 Å². The Bertz CT molecular complexity index is 906. The molecule has 1 atom stereocenters. The van der Waals surface area contributed by atoms with Crippen LogP contribution in [0, 0.1) is 0 Å². The summed E-state index contributed by atoms with van der Waals surface area (Å²) < 4.78 is 5.22. The summed E-state index contributed by atoms with van der Waals surface area (Å²) in [6.07, 6.45) is 3.29. The molecule has 3 heterocycles. The number of carbonyl (C=O) groups is 1. The van der Waals surface area contributed by atoms with E-state index in [-0.39, 0.29) is 11.9 Å². The number of amides is 1. The fourth-order valence-corrected chi connectivity index (χ4v) is 3.31. The van der Waals surface area contributed by atoms with Gasteiger partial charge in [0.05, 0.1) is 12.3 Å². The number of carbonyl (C=O) groups excluding carboxylic acids is 1. The molecule has 0 aliphatic carbocycles. The first-order valence-electron chi connectivity index (χ1n) is 9.43. The molecule has 1 fully saturated rings. The highest BCUT2D eigenvalue weighted by Crippen LogP contribution is 2.20. The van der Waals surface area contributed by atoms with Gasteiger partial charge in [0.2, 0.25) is 5.95 Å². The van der Waals surface area contributed by atoms with Crippen molar-refractivity contribution < 1.29 is 9.21 Å².